The standard InChI is InChI=1S/C13H14N2OS/c1-10(7-13-3-2-6-17-13)15-9-12-5-4-11(8-14)16-12/h2-6,10,15H,7,9H2,1H3. The zero-order valence-electron chi connectivity index (χ0n) is 9.64. The number of thiophene rings is 1. The van der Waals surface area contributed by atoms with Crippen molar-refractivity contribution in [1.82, 2.24) is 5.32 Å². The summed E-state index contributed by atoms with van der Waals surface area (Å²) in [7, 11) is 0. The second-order valence-electron chi connectivity index (χ2n) is 3.94. The van der Waals surface area contributed by atoms with E-state index in [-0.39, 0.29) is 0 Å². The van der Waals surface area contributed by atoms with Crippen molar-refractivity contribution in [2.24, 2.45) is 0 Å². The zero-order valence-corrected chi connectivity index (χ0v) is 10.5. The molecule has 0 aliphatic rings. The first-order chi connectivity index (χ1) is 8.28. The number of hydrogen-bond donors (Lipinski definition) is 1. The lowest BCUT2D eigenvalue weighted by atomic mass is 10.2. The van der Waals surface area contributed by atoms with Crippen LogP contribution in [0.3, 0.4) is 0 Å². The van der Waals surface area contributed by atoms with E-state index in [1.807, 2.05) is 12.1 Å². The fourth-order valence-corrected chi connectivity index (χ4v) is 2.45. The van der Waals surface area contributed by atoms with Crippen LogP contribution >= 0.6 is 11.3 Å². The second kappa shape index (κ2) is 5.67. The largest absolute Gasteiger partial charge is 0.449 e. The van der Waals surface area contributed by atoms with Gasteiger partial charge in [-0.15, -0.1) is 11.3 Å². The van der Waals surface area contributed by atoms with Crippen LogP contribution in [0.15, 0.2) is 34.1 Å². The lowest BCUT2D eigenvalue weighted by molar-refractivity contribution is 0.448. The molecule has 0 saturated heterocycles. The summed E-state index contributed by atoms with van der Waals surface area (Å²) in [5.74, 6) is 1.17. The molecule has 0 radical (unpaired) electrons. The first-order valence-corrected chi connectivity index (χ1v) is 6.40. The molecule has 0 saturated carbocycles. The number of nitriles is 1. The van der Waals surface area contributed by atoms with Crippen molar-refractivity contribution in [3.8, 4) is 6.07 Å². The maximum Gasteiger partial charge on any atom is 0.203 e. The molecule has 0 amide bonds. The summed E-state index contributed by atoms with van der Waals surface area (Å²) in [6.45, 7) is 2.81. The SMILES string of the molecule is CC(Cc1cccs1)NCc1ccc(C#N)o1. The van der Waals surface area contributed by atoms with Gasteiger partial charge < -0.3 is 9.73 Å². The Morgan fingerprint density at radius 1 is 1.47 bits per heavy atom. The van der Waals surface area contributed by atoms with E-state index in [1.165, 1.54) is 4.88 Å². The van der Waals surface area contributed by atoms with E-state index in [2.05, 4.69) is 29.8 Å². The molecule has 0 aliphatic carbocycles. The number of nitrogens with zero attached hydrogens (tertiary/aromatic N) is 1. The van der Waals surface area contributed by atoms with E-state index in [0.29, 0.717) is 18.3 Å². The van der Waals surface area contributed by atoms with Crippen molar-refractivity contribution in [2.45, 2.75) is 25.9 Å². The van der Waals surface area contributed by atoms with Crippen LogP contribution in [0, 0.1) is 11.3 Å². The molecule has 2 rings (SSSR count). The molecule has 0 aromatic carbocycles. The molecule has 17 heavy (non-hydrogen) atoms. The summed E-state index contributed by atoms with van der Waals surface area (Å²) in [5.41, 5.74) is 0. The number of hydrogen-bond acceptors (Lipinski definition) is 4. The minimum Gasteiger partial charge on any atom is -0.449 e. The highest BCUT2D eigenvalue weighted by atomic mass is 32.1. The van der Waals surface area contributed by atoms with Crippen LogP contribution in [0.4, 0.5) is 0 Å². The Labute approximate surface area is 105 Å². The Balaban J connectivity index is 1.80. The topological polar surface area (TPSA) is 49.0 Å². The van der Waals surface area contributed by atoms with Crippen molar-refractivity contribution in [3.63, 3.8) is 0 Å². The molecular weight excluding hydrogens is 232 g/mol. The maximum atomic E-state index is 8.64. The zero-order chi connectivity index (χ0) is 12.1. The highest BCUT2D eigenvalue weighted by molar-refractivity contribution is 7.09. The van der Waals surface area contributed by atoms with Crippen molar-refractivity contribution in [2.75, 3.05) is 0 Å². The molecule has 0 aliphatic heterocycles. The lowest BCUT2D eigenvalue weighted by Crippen LogP contribution is -2.27. The molecule has 1 atom stereocenters. The van der Waals surface area contributed by atoms with E-state index >= 15 is 0 Å². The lowest BCUT2D eigenvalue weighted by Gasteiger charge is -2.11. The van der Waals surface area contributed by atoms with Crippen LogP contribution in [-0.2, 0) is 13.0 Å². The van der Waals surface area contributed by atoms with Crippen molar-refractivity contribution in [1.29, 1.82) is 5.26 Å². The Morgan fingerprint density at radius 3 is 3.00 bits per heavy atom. The Kier molecular flexibility index (Phi) is 3.97. The first kappa shape index (κ1) is 11.9. The van der Waals surface area contributed by atoms with E-state index in [1.54, 1.807) is 17.4 Å². The monoisotopic (exact) mass is 246 g/mol. The van der Waals surface area contributed by atoms with Gasteiger partial charge in [-0.2, -0.15) is 5.26 Å². The summed E-state index contributed by atoms with van der Waals surface area (Å²) < 4.78 is 5.30. The van der Waals surface area contributed by atoms with E-state index in [0.717, 1.165) is 12.2 Å². The van der Waals surface area contributed by atoms with Crippen molar-refractivity contribution < 1.29 is 4.42 Å². The van der Waals surface area contributed by atoms with Crippen LogP contribution < -0.4 is 5.32 Å². The van der Waals surface area contributed by atoms with Gasteiger partial charge in [-0.3, -0.25) is 0 Å². The van der Waals surface area contributed by atoms with Crippen LogP contribution in [0.5, 0.6) is 0 Å². The molecule has 1 N–H and O–H groups in total. The molecule has 1 unspecified atom stereocenters. The maximum absolute atomic E-state index is 8.64. The summed E-state index contributed by atoms with van der Waals surface area (Å²) in [6.07, 6.45) is 1.02. The Morgan fingerprint density at radius 2 is 2.35 bits per heavy atom. The van der Waals surface area contributed by atoms with Gasteiger partial charge in [-0.25, -0.2) is 0 Å². The quantitative estimate of drug-likeness (QED) is 0.882. The third kappa shape index (κ3) is 3.45. The van der Waals surface area contributed by atoms with Gasteiger partial charge in [0.15, 0.2) is 0 Å². The highest BCUT2D eigenvalue weighted by Crippen LogP contribution is 2.12. The average molecular weight is 246 g/mol. The van der Waals surface area contributed by atoms with Crippen LogP contribution in [0.1, 0.15) is 23.3 Å². The van der Waals surface area contributed by atoms with Gasteiger partial charge in [0.1, 0.15) is 11.8 Å². The third-order valence-corrected chi connectivity index (χ3v) is 3.38. The van der Waals surface area contributed by atoms with Gasteiger partial charge in [-0.1, -0.05) is 6.07 Å². The van der Waals surface area contributed by atoms with Gasteiger partial charge in [0.25, 0.3) is 0 Å². The van der Waals surface area contributed by atoms with Gasteiger partial charge in [-0.05, 0) is 36.9 Å². The average Bonchev–Trinajstić information content (AvgIpc) is 2.96. The fourth-order valence-electron chi connectivity index (χ4n) is 1.61. The molecule has 2 heterocycles. The van der Waals surface area contributed by atoms with Crippen molar-refractivity contribution in [3.05, 3.63) is 46.0 Å². The number of nitrogens with one attached hydrogen (secondary N) is 1. The van der Waals surface area contributed by atoms with E-state index in [9.17, 15) is 0 Å². The Bertz CT molecular complexity index is 496. The third-order valence-electron chi connectivity index (χ3n) is 2.48. The molecule has 0 spiro atoms. The minimum atomic E-state index is 0.368. The van der Waals surface area contributed by atoms with Gasteiger partial charge in [0.2, 0.25) is 5.76 Å². The molecule has 3 nitrogen and oxygen atoms in total. The number of furan rings is 1. The van der Waals surface area contributed by atoms with Crippen LogP contribution in [0.25, 0.3) is 0 Å². The van der Waals surface area contributed by atoms with Crippen molar-refractivity contribution >= 4 is 11.3 Å². The molecule has 2 aromatic heterocycles. The molecule has 2 aromatic rings. The van der Waals surface area contributed by atoms with Gasteiger partial charge >= 0.3 is 0 Å². The fraction of sp³-hybridized carbons (Fsp3) is 0.308. The second-order valence-corrected chi connectivity index (χ2v) is 4.98. The summed E-state index contributed by atoms with van der Waals surface area (Å²) >= 11 is 1.77. The van der Waals surface area contributed by atoms with Crippen LogP contribution in [0.2, 0.25) is 0 Å². The summed E-state index contributed by atoms with van der Waals surface area (Å²) in [4.78, 5) is 1.38. The van der Waals surface area contributed by atoms with Crippen LogP contribution in [-0.4, -0.2) is 6.04 Å². The highest BCUT2D eigenvalue weighted by Gasteiger charge is 2.06. The summed E-state index contributed by atoms with van der Waals surface area (Å²) in [5, 5.41) is 14.1. The molecule has 88 valence electrons. The molecular formula is C13H14N2OS. The van der Waals surface area contributed by atoms with Gasteiger partial charge in [0, 0.05) is 10.9 Å². The van der Waals surface area contributed by atoms with E-state index in [4.69, 9.17) is 9.68 Å². The summed E-state index contributed by atoms with van der Waals surface area (Å²) in [6, 6.07) is 10.1. The Hall–Kier alpha value is -1.57. The molecule has 0 bridgehead atoms. The van der Waals surface area contributed by atoms with E-state index < -0.39 is 0 Å². The van der Waals surface area contributed by atoms with Gasteiger partial charge in [0.05, 0.1) is 6.54 Å². The molecule has 4 heteroatoms. The predicted octanol–water partition coefficient (Wildman–Crippen LogP) is 2.93. The number of rotatable bonds is 5. The minimum absolute atomic E-state index is 0.368. The normalized spacial score (nSPS) is 12.2. The predicted molar refractivity (Wildman–Crippen MR) is 67.7 cm³/mol. The first-order valence-electron chi connectivity index (χ1n) is 5.52. The smallest absolute Gasteiger partial charge is 0.203 e. The molecule has 0 fully saturated rings.